The average molecular weight is 218 g/mol. The molecular weight excluding hydrogens is 200 g/mol. The number of piperidine rings is 1. The summed E-state index contributed by atoms with van der Waals surface area (Å²) in [5, 5.41) is 3.34. The summed E-state index contributed by atoms with van der Waals surface area (Å²) in [4.78, 5) is 16.0. The second-order valence-corrected chi connectivity index (χ2v) is 4.45. The van der Waals surface area contributed by atoms with Crippen molar-refractivity contribution in [1.29, 1.82) is 0 Å². The Bertz CT molecular complexity index is 331. The van der Waals surface area contributed by atoms with Crippen molar-refractivity contribution >= 4 is 5.78 Å². The van der Waals surface area contributed by atoms with Crippen LogP contribution >= 0.6 is 0 Å². The smallest absolute Gasteiger partial charge is 0.139 e. The number of nitrogens with one attached hydrogen (secondary N) is 1. The zero-order valence-corrected chi connectivity index (χ0v) is 9.48. The fourth-order valence-electron chi connectivity index (χ4n) is 2.20. The van der Waals surface area contributed by atoms with Gasteiger partial charge in [0.2, 0.25) is 0 Å². The van der Waals surface area contributed by atoms with Gasteiger partial charge in [0.15, 0.2) is 0 Å². The van der Waals surface area contributed by atoms with Gasteiger partial charge in [0, 0.05) is 24.7 Å². The minimum Gasteiger partial charge on any atom is -0.316 e. The predicted molar refractivity (Wildman–Crippen MR) is 63.2 cm³/mol. The van der Waals surface area contributed by atoms with Crippen molar-refractivity contribution in [2.45, 2.75) is 25.7 Å². The van der Waals surface area contributed by atoms with Gasteiger partial charge in [-0.3, -0.25) is 9.78 Å². The van der Waals surface area contributed by atoms with Gasteiger partial charge in [-0.15, -0.1) is 0 Å². The lowest BCUT2D eigenvalue weighted by Crippen LogP contribution is -2.31. The summed E-state index contributed by atoms with van der Waals surface area (Å²) in [6, 6.07) is 5.72. The zero-order valence-electron chi connectivity index (χ0n) is 9.48. The highest BCUT2D eigenvalue weighted by Gasteiger charge is 2.16. The summed E-state index contributed by atoms with van der Waals surface area (Å²) in [5.74, 6) is 0.845. The van der Waals surface area contributed by atoms with Crippen molar-refractivity contribution in [3.05, 3.63) is 30.1 Å². The van der Waals surface area contributed by atoms with Crippen molar-refractivity contribution in [3.8, 4) is 0 Å². The van der Waals surface area contributed by atoms with Crippen LogP contribution in [0.15, 0.2) is 24.4 Å². The van der Waals surface area contributed by atoms with Gasteiger partial charge in [0.05, 0.1) is 0 Å². The Hall–Kier alpha value is -1.22. The maximum Gasteiger partial charge on any atom is 0.139 e. The van der Waals surface area contributed by atoms with Crippen LogP contribution in [-0.4, -0.2) is 23.9 Å². The Morgan fingerprint density at radius 2 is 2.44 bits per heavy atom. The van der Waals surface area contributed by atoms with Crippen LogP contribution in [0.2, 0.25) is 0 Å². The summed E-state index contributed by atoms with van der Waals surface area (Å²) < 4.78 is 0. The number of hydrogen-bond acceptors (Lipinski definition) is 3. The summed E-state index contributed by atoms with van der Waals surface area (Å²) in [6.07, 6.45) is 5.30. The summed E-state index contributed by atoms with van der Waals surface area (Å²) in [6.45, 7) is 2.10. The zero-order chi connectivity index (χ0) is 11.2. The van der Waals surface area contributed by atoms with E-state index in [0.717, 1.165) is 18.8 Å². The average Bonchev–Trinajstić information content (AvgIpc) is 2.31. The first-order valence-electron chi connectivity index (χ1n) is 5.97. The molecule has 0 radical (unpaired) electrons. The monoisotopic (exact) mass is 218 g/mol. The molecule has 2 rings (SSSR count). The second kappa shape index (κ2) is 5.75. The molecule has 86 valence electrons. The summed E-state index contributed by atoms with van der Waals surface area (Å²) >= 11 is 0. The van der Waals surface area contributed by atoms with Gasteiger partial charge in [-0.1, -0.05) is 6.07 Å². The molecule has 1 unspecified atom stereocenters. The number of Topliss-reactive ketones (excluding diaryl/α,β-unsaturated/α-hetero) is 1. The number of carbonyl (C=O) groups is 1. The first kappa shape index (κ1) is 11.3. The van der Waals surface area contributed by atoms with Crippen molar-refractivity contribution in [2.75, 3.05) is 13.1 Å². The minimum atomic E-state index is 0.312. The highest BCUT2D eigenvalue weighted by molar-refractivity contribution is 5.80. The Labute approximate surface area is 96.3 Å². The third kappa shape index (κ3) is 3.42. The number of pyridine rings is 1. The standard InChI is InChI=1S/C13H18N2O/c16-13(8-11-4-3-6-14-10-11)9-12-5-1-2-7-15-12/h1-2,5,7,11,14H,3-4,6,8-10H2. The van der Waals surface area contributed by atoms with Crippen LogP contribution in [0.25, 0.3) is 0 Å². The summed E-state index contributed by atoms with van der Waals surface area (Å²) in [5.41, 5.74) is 0.885. The van der Waals surface area contributed by atoms with Crippen molar-refractivity contribution < 1.29 is 4.79 Å². The number of ketones is 1. The molecule has 1 aromatic heterocycles. The van der Waals surface area contributed by atoms with E-state index < -0.39 is 0 Å². The van der Waals surface area contributed by atoms with Crippen LogP contribution in [0.1, 0.15) is 25.0 Å². The van der Waals surface area contributed by atoms with Crippen molar-refractivity contribution in [2.24, 2.45) is 5.92 Å². The van der Waals surface area contributed by atoms with E-state index in [4.69, 9.17) is 0 Å². The number of nitrogens with zero attached hydrogens (tertiary/aromatic N) is 1. The lowest BCUT2D eigenvalue weighted by atomic mass is 9.93. The van der Waals surface area contributed by atoms with Crippen molar-refractivity contribution in [1.82, 2.24) is 10.3 Å². The molecule has 3 heteroatoms. The van der Waals surface area contributed by atoms with E-state index in [2.05, 4.69) is 10.3 Å². The van der Waals surface area contributed by atoms with E-state index in [0.29, 0.717) is 24.5 Å². The van der Waals surface area contributed by atoms with E-state index in [1.165, 1.54) is 12.8 Å². The van der Waals surface area contributed by atoms with Gasteiger partial charge in [0.25, 0.3) is 0 Å². The molecule has 0 aliphatic carbocycles. The molecule has 1 fully saturated rings. The molecule has 0 aromatic carbocycles. The molecule has 0 amide bonds. The maximum absolute atomic E-state index is 11.8. The van der Waals surface area contributed by atoms with Gasteiger partial charge >= 0.3 is 0 Å². The molecule has 16 heavy (non-hydrogen) atoms. The number of rotatable bonds is 4. The van der Waals surface area contributed by atoms with Crippen LogP contribution in [0.5, 0.6) is 0 Å². The van der Waals surface area contributed by atoms with Crippen LogP contribution in [0.4, 0.5) is 0 Å². The lowest BCUT2D eigenvalue weighted by Gasteiger charge is -2.21. The number of carbonyl (C=O) groups excluding carboxylic acids is 1. The van der Waals surface area contributed by atoms with Gasteiger partial charge in [-0.2, -0.15) is 0 Å². The van der Waals surface area contributed by atoms with Gasteiger partial charge in [0.1, 0.15) is 5.78 Å². The maximum atomic E-state index is 11.8. The SMILES string of the molecule is O=C(Cc1ccccn1)CC1CCCNC1. The molecular formula is C13H18N2O. The van der Waals surface area contributed by atoms with Crippen LogP contribution in [0, 0.1) is 5.92 Å². The quantitative estimate of drug-likeness (QED) is 0.834. The van der Waals surface area contributed by atoms with Gasteiger partial charge in [-0.05, 0) is 44.0 Å². The molecule has 1 aliphatic heterocycles. The predicted octanol–water partition coefficient (Wildman–Crippen LogP) is 1.58. The first-order chi connectivity index (χ1) is 7.84. The lowest BCUT2D eigenvalue weighted by molar-refractivity contribution is -0.119. The van der Waals surface area contributed by atoms with E-state index in [1.807, 2.05) is 18.2 Å². The third-order valence-electron chi connectivity index (χ3n) is 3.02. The Morgan fingerprint density at radius 1 is 1.50 bits per heavy atom. The van der Waals surface area contributed by atoms with Crippen LogP contribution in [0.3, 0.4) is 0 Å². The minimum absolute atomic E-state index is 0.312. The Kier molecular flexibility index (Phi) is 4.05. The fraction of sp³-hybridized carbons (Fsp3) is 0.538. The molecule has 1 aromatic rings. The molecule has 0 bridgehead atoms. The van der Waals surface area contributed by atoms with Gasteiger partial charge in [-0.25, -0.2) is 0 Å². The van der Waals surface area contributed by atoms with Crippen LogP contribution in [-0.2, 0) is 11.2 Å². The Morgan fingerprint density at radius 3 is 3.12 bits per heavy atom. The fourth-order valence-corrected chi connectivity index (χ4v) is 2.20. The van der Waals surface area contributed by atoms with Crippen LogP contribution < -0.4 is 5.32 Å². The number of aromatic nitrogens is 1. The Balaban J connectivity index is 1.80. The van der Waals surface area contributed by atoms with E-state index in [1.54, 1.807) is 6.20 Å². The molecule has 1 atom stereocenters. The highest BCUT2D eigenvalue weighted by Crippen LogP contribution is 2.15. The molecule has 0 spiro atoms. The molecule has 2 heterocycles. The van der Waals surface area contributed by atoms with Crippen molar-refractivity contribution in [3.63, 3.8) is 0 Å². The molecule has 0 saturated carbocycles. The topological polar surface area (TPSA) is 42.0 Å². The van der Waals surface area contributed by atoms with E-state index >= 15 is 0 Å². The van der Waals surface area contributed by atoms with E-state index in [-0.39, 0.29) is 0 Å². The molecule has 1 aliphatic rings. The van der Waals surface area contributed by atoms with Gasteiger partial charge < -0.3 is 5.32 Å². The third-order valence-corrected chi connectivity index (χ3v) is 3.02. The molecule has 1 saturated heterocycles. The normalized spacial score (nSPS) is 20.6. The first-order valence-corrected chi connectivity index (χ1v) is 5.97. The molecule has 3 nitrogen and oxygen atoms in total. The highest BCUT2D eigenvalue weighted by atomic mass is 16.1. The van der Waals surface area contributed by atoms with E-state index in [9.17, 15) is 4.79 Å². The number of hydrogen-bond donors (Lipinski definition) is 1. The summed E-state index contributed by atoms with van der Waals surface area (Å²) in [7, 11) is 0. The largest absolute Gasteiger partial charge is 0.316 e. The second-order valence-electron chi connectivity index (χ2n) is 4.45. The molecule has 1 N–H and O–H groups in total.